The summed E-state index contributed by atoms with van der Waals surface area (Å²) in [6, 6.07) is 12.3. The van der Waals surface area contributed by atoms with Gasteiger partial charge in [0.05, 0.1) is 11.1 Å². The number of piperazine rings is 1. The summed E-state index contributed by atoms with van der Waals surface area (Å²) < 4.78 is 14.9. The molecule has 0 atom stereocenters. The lowest BCUT2D eigenvalue weighted by molar-refractivity contribution is 0.0664. The normalized spacial score (nSPS) is 14.5. The zero-order valence-corrected chi connectivity index (χ0v) is 19.1. The molecule has 35 heavy (non-hydrogen) atoms. The SMILES string of the molecule is CN1CCN(C(=O)c2ccc3c(c2)[nH]c2c(C(N)=O)ccc(-c4cc(C(N)=O)ccc4F)c23)CC1. The Kier molecular flexibility index (Phi) is 5.49. The smallest absolute Gasteiger partial charge is 0.254 e. The predicted octanol–water partition coefficient (Wildman–Crippen LogP) is 2.71. The number of benzene rings is 3. The highest BCUT2D eigenvalue weighted by atomic mass is 19.1. The van der Waals surface area contributed by atoms with Gasteiger partial charge in [-0.3, -0.25) is 14.4 Å². The van der Waals surface area contributed by atoms with Crippen LogP contribution in [0.3, 0.4) is 0 Å². The van der Waals surface area contributed by atoms with Crippen LogP contribution in [0.5, 0.6) is 0 Å². The number of halogens is 1. The van der Waals surface area contributed by atoms with Crippen molar-refractivity contribution in [3.63, 3.8) is 0 Å². The highest BCUT2D eigenvalue weighted by molar-refractivity contribution is 6.20. The van der Waals surface area contributed by atoms with Gasteiger partial charge in [-0.2, -0.15) is 0 Å². The average molecular weight is 474 g/mol. The van der Waals surface area contributed by atoms with Crippen LogP contribution in [-0.2, 0) is 0 Å². The first-order valence-electron chi connectivity index (χ1n) is 11.2. The molecule has 1 fully saturated rings. The minimum absolute atomic E-state index is 0.0748. The number of H-pyrrole nitrogens is 1. The van der Waals surface area contributed by atoms with E-state index in [1.807, 2.05) is 11.9 Å². The second-order valence-corrected chi connectivity index (χ2v) is 8.81. The summed E-state index contributed by atoms with van der Waals surface area (Å²) >= 11 is 0. The third kappa shape index (κ3) is 3.89. The van der Waals surface area contributed by atoms with Crippen molar-refractivity contribution >= 4 is 39.5 Å². The third-order valence-electron chi connectivity index (χ3n) is 6.60. The number of fused-ring (bicyclic) bond motifs is 3. The van der Waals surface area contributed by atoms with E-state index in [0.717, 1.165) is 13.1 Å². The topological polar surface area (TPSA) is 126 Å². The number of carbonyl (C=O) groups is 3. The predicted molar refractivity (Wildman–Crippen MR) is 132 cm³/mol. The van der Waals surface area contributed by atoms with Crippen LogP contribution in [0.25, 0.3) is 32.9 Å². The molecule has 3 amide bonds. The number of rotatable bonds is 4. The van der Waals surface area contributed by atoms with Crippen molar-refractivity contribution in [1.82, 2.24) is 14.8 Å². The summed E-state index contributed by atoms with van der Waals surface area (Å²) in [6.07, 6.45) is 0. The lowest BCUT2D eigenvalue weighted by atomic mass is 9.95. The van der Waals surface area contributed by atoms with Crippen molar-refractivity contribution < 1.29 is 18.8 Å². The molecule has 1 aliphatic rings. The van der Waals surface area contributed by atoms with E-state index in [9.17, 15) is 18.8 Å². The van der Waals surface area contributed by atoms with Crippen LogP contribution in [0.15, 0.2) is 48.5 Å². The third-order valence-corrected chi connectivity index (χ3v) is 6.60. The van der Waals surface area contributed by atoms with Gasteiger partial charge in [-0.25, -0.2) is 4.39 Å². The van der Waals surface area contributed by atoms with Gasteiger partial charge in [0.2, 0.25) is 5.91 Å². The number of likely N-dealkylation sites (N-methyl/N-ethyl adjacent to an activating group) is 1. The number of aromatic amines is 1. The Hall–Kier alpha value is -4.24. The van der Waals surface area contributed by atoms with Crippen molar-refractivity contribution in [3.8, 4) is 11.1 Å². The number of primary amides is 2. The molecule has 0 aliphatic carbocycles. The van der Waals surface area contributed by atoms with Crippen LogP contribution < -0.4 is 11.5 Å². The lowest BCUT2D eigenvalue weighted by Crippen LogP contribution is -2.47. The zero-order chi connectivity index (χ0) is 24.9. The molecule has 178 valence electrons. The van der Waals surface area contributed by atoms with E-state index in [0.29, 0.717) is 46.0 Å². The molecule has 1 saturated heterocycles. The van der Waals surface area contributed by atoms with Crippen molar-refractivity contribution in [2.45, 2.75) is 0 Å². The zero-order valence-electron chi connectivity index (χ0n) is 19.1. The van der Waals surface area contributed by atoms with E-state index in [4.69, 9.17) is 11.5 Å². The minimum Gasteiger partial charge on any atom is -0.366 e. The highest BCUT2D eigenvalue weighted by Crippen LogP contribution is 2.38. The maximum Gasteiger partial charge on any atom is 0.254 e. The summed E-state index contributed by atoms with van der Waals surface area (Å²) in [7, 11) is 2.02. The van der Waals surface area contributed by atoms with E-state index >= 15 is 0 Å². The molecule has 5 N–H and O–H groups in total. The van der Waals surface area contributed by atoms with Gasteiger partial charge in [-0.05, 0) is 49.0 Å². The molecular weight excluding hydrogens is 449 g/mol. The van der Waals surface area contributed by atoms with Crippen LogP contribution in [0.1, 0.15) is 31.1 Å². The fourth-order valence-corrected chi connectivity index (χ4v) is 4.65. The molecule has 5 rings (SSSR count). The summed E-state index contributed by atoms with van der Waals surface area (Å²) in [5.41, 5.74) is 13.6. The fourth-order valence-electron chi connectivity index (χ4n) is 4.65. The van der Waals surface area contributed by atoms with Gasteiger partial charge in [-0.1, -0.05) is 12.1 Å². The first-order chi connectivity index (χ1) is 16.7. The summed E-state index contributed by atoms with van der Waals surface area (Å²) in [5.74, 6) is -1.94. The van der Waals surface area contributed by atoms with Crippen molar-refractivity contribution in [2.75, 3.05) is 33.2 Å². The first kappa shape index (κ1) is 22.5. The fraction of sp³-hybridized carbons (Fsp3) is 0.192. The van der Waals surface area contributed by atoms with Crippen LogP contribution in [0, 0.1) is 5.82 Å². The molecule has 0 saturated carbocycles. The largest absolute Gasteiger partial charge is 0.366 e. The molecule has 1 aromatic heterocycles. The number of hydrogen-bond donors (Lipinski definition) is 3. The van der Waals surface area contributed by atoms with E-state index in [1.54, 1.807) is 24.3 Å². The summed E-state index contributed by atoms with van der Waals surface area (Å²) in [5, 5.41) is 1.26. The quantitative estimate of drug-likeness (QED) is 0.421. The van der Waals surface area contributed by atoms with E-state index in [2.05, 4.69) is 9.88 Å². The molecule has 0 bridgehead atoms. The molecule has 3 aromatic carbocycles. The van der Waals surface area contributed by atoms with Gasteiger partial charge in [0.1, 0.15) is 5.82 Å². The summed E-state index contributed by atoms with van der Waals surface area (Å²) in [6.45, 7) is 2.90. The van der Waals surface area contributed by atoms with E-state index in [1.165, 1.54) is 24.3 Å². The molecule has 0 spiro atoms. The number of nitrogens with zero attached hydrogens (tertiary/aromatic N) is 2. The average Bonchev–Trinajstić information content (AvgIpc) is 3.22. The number of nitrogens with two attached hydrogens (primary N) is 2. The molecule has 0 unspecified atom stereocenters. The van der Waals surface area contributed by atoms with Gasteiger partial charge < -0.3 is 26.3 Å². The van der Waals surface area contributed by atoms with Crippen LogP contribution in [-0.4, -0.2) is 65.7 Å². The number of carbonyl (C=O) groups excluding carboxylic acids is 3. The lowest BCUT2D eigenvalue weighted by Gasteiger charge is -2.32. The van der Waals surface area contributed by atoms with Gasteiger partial charge in [-0.15, -0.1) is 0 Å². The highest BCUT2D eigenvalue weighted by Gasteiger charge is 2.23. The van der Waals surface area contributed by atoms with Crippen molar-refractivity contribution in [3.05, 3.63) is 71.0 Å². The maximum atomic E-state index is 14.9. The molecule has 0 radical (unpaired) electrons. The van der Waals surface area contributed by atoms with E-state index in [-0.39, 0.29) is 22.6 Å². The Morgan fingerprint density at radius 3 is 2.26 bits per heavy atom. The van der Waals surface area contributed by atoms with Crippen LogP contribution in [0.2, 0.25) is 0 Å². The molecular formula is C26H24FN5O3. The van der Waals surface area contributed by atoms with Crippen LogP contribution in [0.4, 0.5) is 4.39 Å². The van der Waals surface area contributed by atoms with Crippen molar-refractivity contribution in [2.24, 2.45) is 11.5 Å². The van der Waals surface area contributed by atoms with Gasteiger partial charge >= 0.3 is 0 Å². The molecule has 1 aliphatic heterocycles. The standard InChI is InChI=1S/C26H24FN5O3/c1-31-8-10-32(11-9-31)26(35)15-2-4-17-21(13-15)30-23-18(25(29)34)6-5-16(22(17)23)19-12-14(24(28)33)3-7-20(19)27/h2-7,12-13,30H,8-11H2,1H3,(H2,28,33)(H2,29,34). The van der Waals surface area contributed by atoms with Crippen LogP contribution >= 0.6 is 0 Å². The Balaban J connectivity index is 1.70. The number of aromatic nitrogens is 1. The Labute approximate surface area is 200 Å². The number of nitrogens with one attached hydrogen (secondary N) is 1. The number of hydrogen-bond acceptors (Lipinski definition) is 4. The first-order valence-corrected chi connectivity index (χ1v) is 11.2. The van der Waals surface area contributed by atoms with E-state index < -0.39 is 17.6 Å². The number of amides is 3. The molecule has 4 aromatic rings. The van der Waals surface area contributed by atoms with Gasteiger partial charge in [0.15, 0.2) is 0 Å². The Morgan fingerprint density at radius 2 is 1.57 bits per heavy atom. The molecule has 2 heterocycles. The molecule has 9 heteroatoms. The Bertz CT molecular complexity index is 1520. The maximum absolute atomic E-state index is 14.9. The summed E-state index contributed by atoms with van der Waals surface area (Å²) in [4.78, 5) is 44.2. The van der Waals surface area contributed by atoms with Crippen molar-refractivity contribution in [1.29, 1.82) is 0 Å². The monoisotopic (exact) mass is 473 g/mol. The molecule has 8 nitrogen and oxygen atoms in total. The van der Waals surface area contributed by atoms with Gasteiger partial charge in [0.25, 0.3) is 11.8 Å². The van der Waals surface area contributed by atoms with Gasteiger partial charge in [0, 0.05) is 59.2 Å². The Morgan fingerprint density at radius 1 is 0.857 bits per heavy atom. The second-order valence-electron chi connectivity index (χ2n) is 8.81. The second kappa shape index (κ2) is 8.52. The minimum atomic E-state index is -0.678.